The van der Waals surface area contributed by atoms with Crippen molar-refractivity contribution in [3.63, 3.8) is 0 Å². The maximum Gasteiger partial charge on any atom is 0.278 e. The topological polar surface area (TPSA) is 68.0 Å². The third-order valence-electron chi connectivity index (χ3n) is 3.51. The summed E-state index contributed by atoms with van der Waals surface area (Å²) >= 11 is 5.93. The second-order valence-corrected chi connectivity index (χ2v) is 5.43. The van der Waals surface area contributed by atoms with Gasteiger partial charge < -0.3 is 9.84 Å². The molecule has 0 saturated carbocycles. The van der Waals surface area contributed by atoms with Crippen LogP contribution in [0.5, 0.6) is 0 Å². The molecule has 1 amide bonds. The van der Waals surface area contributed by atoms with E-state index in [1.165, 1.54) is 0 Å². The largest absolute Gasteiger partial charge is 0.360 e. The van der Waals surface area contributed by atoms with E-state index in [-0.39, 0.29) is 11.1 Å². The summed E-state index contributed by atoms with van der Waals surface area (Å²) in [5.41, 5.74) is 1.74. The highest BCUT2D eigenvalue weighted by atomic mass is 35.5. The molecule has 0 aliphatic heterocycles. The maximum absolute atomic E-state index is 12.3. The van der Waals surface area contributed by atoms with Gasteiger partial charge in [0.05, 0.1) is 5.69 Å². The Hall–Kier alpha value is -1.88. The van der Waals surface area contributed by atoms with Crippen molar-refractivity contribution in [3.8, 4) is 0 Å². The van der Waals surface area contributed by atoms with Crippen molar-refractivity contribution < 1.29 is 9.32 Å². The molecule has 0 unspecified atom stereocenters. The zero-order chi connectivity index (χ0) is 14.1. The summed E-state index contributed by atoms with van der Waals surface area (Å²) in [5, 5.41) is 6.89. The lowest BCUT2D eigenvalue weighted by Crippen LogP contribution is -2.18. The molecule has 0 radical (unpaired) electrons. The number of pyridine rings is 1. The van der Waals surface area contributed by atoms with Gasteiger partial charge in [-0.15, -0.1) is 0 Å². The Bertz CT molecular complexity index is 654. The number of aryl methyl sites for hydroxylation is 1. The van der Waals surface area contributed by atoms with Gasteiger partial charge in [0.2, 0.25) is 0 Å². The van der Waals surface area contributed by atoms with E-state index in [4.69, 9.17) is 16.1 Å². The van der Waals surface area contributed by atoms with Crippen molar-refractivity contribution in [1.82, 2.24) is 10.1 Å². The molecule has 20 heavy (non-hydrogen) atoms. The van der Waals surface area contributed by atoms with E-state index in [2.05, 4.69) is 22.4 Å². The second-order valence-electron chi connectivity index (χ2n) is 5.08. The second kappa shape index (κ2) is 5.25. The molecule has 1 aliphatic carbocycles. The molecular weight excluding hydrogens is 278 g/mol. The number of fused-ring (bicyclic) bond motifs is 1. The predicted molar refractivity (Wildman–Crippen MR) is 74.9 cm³/mol. The standard InChI is InChI=1S/C14H14ClN3O2/c1-8-4-5-11-9(7-8)12(18-20-11)14(19)17-10-3-2-6-16-13(10)15/h2-3,6,8H,4-5,7H2,1H3,(H,17,19)/t8-/m0/s1. The first-order valence-corrected chi connectivity index (χ1v) is 6.92. The van der Waals surface area contributed by atoms with Crippen LogP contribution in [0.1, 0.15) is 35.2 Å². The smallest absolute Gasteiger partial charge is 0.278 e. The van der Waals surface area contributed by atoms with Gasteiger partial charge in [-0.2, -0.15) is 0 Å². The number of carbonyl (C=O) groups is 1. The lowest BCUT2D eigenvalue weighted by molar-refractivity contribution is 0.101. The van der Waals surface area contributed by atoms with E-state index in [1.807, 2.05) is 0 Å². The first-order chi connectivity index (χ1) is 9.65. The fourth-order valence-electron chi connectivity index (χ4n) is 2.42. The molecule has 2 aromatic heterocycles. The van der Waals surface area contributed by atoms with Gasteiger partial charge in [0.25, 0.3) is 5.91 Å². The van der Waals surface area contributed by atoms with Crippen LogP contribution >= 0.6 is 11.6 Å². The van der Waals surface area contributed by atoms with Gasteiger partial charge in [0, 0.05) is 18.2 Å². The zero-order valence-electron chi connectivity index (χ0n) is 11.0. The number of anilines is 1. The van der Waals surface area contributed by atoms with Crippen LogP contribution in [0.4, 0.5) is 5.69 Å². The molecule has 5 nitrogen and oxygen atoms in total. The fraction of sp³-hybridized carbons (Fsp3) is 0.357. The molecule has 0 fully saturated rings. The molecule has 0 bridgehead atoms. The Balaban J connectivity index is 1.85. The lowest BCUT2D eigenvalue weighted by atomic mass is 9.88. The average Bonchev–Trinajstić information content (AvgIpc) is 2.84. The number of hydrogen-bond acceptors (Lipinski definition) is 4. The average molecular weight is 292 g/mol. The van der Waals surface area contributed by atoms with Crippen LogP contribution in [0.15, 0.2) is 22.9 Å². The highest BCUT2D eigenvalue weighted by Gasteiger charge is 2.27. The van der Waals surface area contributed by atoms with Gasteiger partial charge >= 0.3 is 0 Å². The Morgan fingerprint density at radius 1 is 1.55 bits per heavy atom. The first-order valence-electron chi connectivity index (χ1n) is 6.54. The Labute approximate surface area is 121 Å². The molecule has 1 N–H and O–H groups in total. The van der Waals surface area contributed by atoms with Crippen molar-refractivity contribution in [2.24, 2.45) is 5.92 Å². The lowest BCUT2D eigenvalue weighted by Gasteiger charge is -2.16. The highest BCUT2D eigenvalue weighted by molar-refractivity contribution is 6.32. The van der Waals surface area contributed by atoms with Crippen molar-refractivity contribution in [3.05, 3.63) is 40.5 Å². The molecule has 0 spiro atoms. The summed E-state index contributed by atoms with van der Waals surface area (Å²) in [6.45, 7) is 2.16. The van der Waals surface area contributed by atoms with Gasteiger partial charge in [-0.3, -0.25) is 4.79 Å². The number of hydrogen-bond donors (Lipinski definition) is 1. The minimum absolute atomic E-state index is 0.256. The van der Waals surface area contributed by atoms with Crippen LogP contribution in [0.2, 0.25) is 5.15 Å². The van der Waals surface area contributed by atoms with Gasteiger partial charge in [-0.1, -0.05) is 23.7 Å². The summed E-state index contributed by atoms with van der Waals surface area (Å²) in [6, 6.07) is 3.41. The molecule has 104 valence electrons. The van der Waals surface area contributed by atoms with Crippen molar-refractivity contribution >= 4 is 23.2 Å². The number of halogens is 1. The van der Waals surface area contributed by atoms with Gasteiger partial charge in [-0.25, -0.2) is 4.98 Å². The third kappa shape index (κ3) is 2.41. The van der Waals surface area contributed by atoms with Crippen molar-refractivity contribution in [2.45, 2.75) is 26.2 Å². The summed E-state index contributed by atoms with van der Waals surface area (Å²) < 4.78 is 5.27. The quantitative estimate of drug-likeness (QED) is 0.863. The molecule has 6 heteroatoms. The Morgan fingerprint density at radius 3 is 3.20 bits per heavy atom. The normalized spacial score (nSPS) is 17.6. The highest BCUT2D eigenvalue weighted by Crippen LogP contribution is 2.28. The van der Waals surface area contributed by atoms with E-state index < -0.39 is 0 Å². The third-order valence-corrected chi connectivity index (χ3v) is 3.81. The predicted octanol–water partition coefficient (Wildman–Crippen LogP) is 3.10. The van der Waals surface area contributed by atoms with Crippen LogP contribution < -0.4 is 5.32 Å². The molecular formula is C14H14ClN3O2. The van der Waals surface area contributed by atoms with E-state index in [1.54, 1.807) is 18.3 Å². The minimum atomic E-state index is -0.306. The van der Waals surface area contributed by atoms with E-state index >= 15 is 0 Å². The van der Waals surface area contributed by atoms with Gasteiger partial charge in [0.1, 0.15) is 5.76 Å². The summed E-state index contributed by atoms with van der Waals surface area (Å²) in [6.07, 6.45) is 4.29. The van der Waals surface area contributed by atoms with Gasteiger partial charge in [0.15, 0.2) is 10.8 Å². The Morgan fingerprint density at radius 2 is 2.40 bits per heavy atom. The van der Waals surface area contributed by atoms with Crippen molar-refractivity contribution in [1.29, 1.82) is 0 Å². The molecule has 3 rings (SSSR count). The number of aromatic nitrogens is 2. The molecule has 1 atom stereocenters. The molecule has 2 aromatic rings. The van der Waals surface area contributed by atoms with E-state index in [0.717, 1.165) is 30.6 Å². The molecule has 0 saturated heterocycles. The van der Waals surface area contributed by atoms with Crippen LogP contribution in [-0.4, -0.2) is 16.0 Å². The van der Waals surface area contributed by atoms with Crippen LogP contribution in [-0.2, 0) is 12.8 Å². The number of nitrogens with zero attached hydrogens (tertiary/aromatic N) is 2. The Kier molecular flexibility index (Phi) is 3.44. The molecule has 1 aliphatic rings. The summed E-state index contributed by atoms with van der Waals surface area (Å²) in [4.78, 5) is 16.2. The van der Waals surface area contributed by atoms with E-state index in [0.29, 0.717) is 17.3 Å². The SMILES string of the molecule is C[C@H]1CCc2onc(C(=O)Nc3cccnc3Cl)c2C1. The fourth-order valence-corrected chi connectivity index (χ4v) is 2.58. The molecule has 2 heterocycles. The van der Waals surface area contributed by atoms with Crippen LogP contribution in [0.25, 0.3) is 0 Å². The minimum Gasteiger partial charge on any atom is -0.360 e. The number of nitrogens with one attached hydrogen (secondary N) is 1. The summed E-state index contributed by atoms with van der Waals surface area (Å²) in [5.74, 6) is 1.06. The summed E-state index contributed by atoms with van der Waals surface area (Å²) in [7, 11) is 0. The maximum atomic E-state index is 12.3. The van der Waals surface area contributed by atoms with Crippen molar-refractivity contribution in [2.75, 3.05) is 5.32 Å². The first kappa shape index (κ1) is 13.1. The molecule has 0 aromatic carbocycles. The number of carbonyl (C=O) groups excluding carboxylic acids is 1. The number of rotatable bonds is 2. The van der Waals surface area contributed by atoms with Gasteiger partial charge in [-0.05, 0) is 30.9 Å². The van der Waals surface area contributed by atoms with Crippen LogP contribution in [0, 0.1) is 5.92 Å². The zero-order valence-corrected chi connectivity index (χ0v) is 11.8. The monoisotopic (exact) mass is 291 g/mol. The van der Waals surface area contributed by atoms with E-state index in [9.17, 15) is 4.79 Å². The van der Waals surface area contributed by atoms with Crippen LogP contribution in [0.3, 0.4) is 0 Å². The number of amides is 1.